The molecule has 0 radical (unpaired) electrons. The van der Waals surface area contributed by atoms with Crippen LogP contribution in [-0.4, -0.2) is 16.5 Å². The Morgan fingerprint density at radius 2 is 1.71 bits per heavy atom. The van der Waals surface area contributed by atoms with Gasteiger partial charge in [-0.1, -0.05) is 6.42 Å². The second-order valence-electron chi connectivity index (χ2n) is 4.97. The van der Waals surface area contributed by atoms with Crippen molar-refractivity contribution in [1.29, 1.82) is 0 Å². The van der Waals surface area contributed by atoms with Gasteiger partial charge < -0.3 is 0 Å². The largest absolute Gasteiger partial charge is 0.249 e. The highest BCUT2D eigenvalue weighted by Crippen LogP contribution is 2.33. The lowest BCUT2D eigenvalue weighted by molar-refractivity contribution is -0.330. The highest BCUT2D eigenvalue weighted by atomic mass is 17.1. The van der Waals surface area contributed by atoms with E-state index in [0.717, 1.165) is 25.7 Å². The maximum Gasteiger partial charge on any atom is 0.212 e. The Morgan fingerprint density at radius 1 is 1.14 bits per heavy atom. The van der Waals surface area contributed by atoms with Crippen LogP contribution in [0.5, 0.6) is 0 Å². The Hall–Kier alpha value is -0.480. The van der Waals surface area contributed by atoms with Gasteiger partial charge in [-0.05, 0) is 33.6 Å². The van der Waals surface area contributed by atoms with Gasteiger partial charge in [-0.25, -0.2) is 10.1 Å². The number of hydrogen-bond acceptors (Lipinski definition) is 4. The fourth-order valence-electron chi connectivity index (χ4n) is 1.55. The summed E-state index contributed by atoms with van der Waals surface area (Å²) >= 11 is 0. The Balaban J connectivity index is 2.65. The molecule has 1 saturated carbocycles. The van der Waals surface area contributed by atoms with E-state index in [1.54, 1.807) is 0 Å². The summed E-state index contributed by atoms with van der Waals surface area (Å²) in [5.74, 6) is 0. The molecule has 4 heteroatoms. The molecule has 1 fully saturated rings. The minimum atomic E-state index is -0.758. The fraction of sp³-hybridized carbons (Fsp3) is 1.00. The third-order valence-electron chi connectivity index (χ3n) is 2.34. The minimum Gasteiger partial charge on any atom is -0.249 e. The monoisotopic (exact) mass is 200 g/mol. The van der Waals surface area contributed by atoms with E-state index in [1.165, 1.54) is 6.42 Å². The van der Waals surface area contributed by atoms with Gasteiger partial charge in [-0.3, -0.25) is 0 Å². The standard InChI is InChI=1S/C10H20N2O2/c1-9(2,3)11-12-10(14-13)7-5-4-6-8-10/h13H,4-8H2,1-3H3. The van der Waals surface area contributed by atoms with E-state index in [9.17, 15) is 0 Å². The second-order valence-corrected chi connectivity index (χ2v) is 4.97. The summed E-state index contributed by atoms with van der Waals surface area (Å²) in [6, 6.07) is 0. The highest BCUT2D eigenvalue weighted by molar-refractivity contribution is 4.81. The van der Waals surface area contributed by atoms with Gasteiger partial charge in [0.25, 0.3) is 0 Å². The van der Waals surface area contributed by atoms with Crippen LogP contribution >= 0.6 is 0 Å². The SMILES string of the molecule is CC(C)(C)N=NC1(OO)CCCCC1. The molecule has 0 aromatic heterocycles. The summed E-state index contributed by atoms with van der Waals surface area (Å²) in [5, 5.41) is 17.2. The molecule has 1 rings (SSSR count). The van der Waals surface area contributed by atoms with E-state index >= 15 is 0 Å². The van der Waals surface area contributed by atoms with E-state index in [-0.39, 0.29) is 5.54 Å². The molecule has 0 saturated heterocycles. The van der Waals surface area contributed by atoms with Gasteiger partial charge in [0.2, 0.25) is 5.72 Å². The molecular formula is C10H20N2O2. The molecule has 1 N–H and O–H groups in total. The second kappa shape index (κ2) is 4.36. The van der Waals surface area contributed by atoms with Gasteiger partial charge in [0.15, 0.2) is 0 Å². The predicted molar refractivity (Wildman–Crippen MR) is 54.1 cm³/mol. The quantitative estimate of drug-likeness (QED) is 0.422. The molecule has 0 aromatic rings. The average Bonchev–Trinajstić information content (AvgIpc) is 2.15. The lowest BCUT2D eigenvalue weighted by Crippen LogP contribution is -2.32. The Morgan fingerprint density at radius 3 is 2.14 bits per heavy atom. The van der Waals surface area contributed by atoms with Gasteiger partial charge >= 0.3 is 0 Å². The Kier molecular flexibility index (Phi) is 3.61. The summed E-state index contributed by atoms with van der Waals surface area (Å²) in [6.45, 7) is 5.93. The fourth-order valence-corrected chi connectivity index (χ4v) is 1.55. The van der Waals surface area contributed by atoms with Crippen molar-refractivity contribution in [3.8, 4) is 0 Å². The van der Waals surface area contributed by atoms with Crippen molar-refractivity contribution in [3.63, 3.8) is 0 Å². The topological polar surface area (TPSA) is 54.2 Å². The molecule has 4 nitrogen and oxygen atoms in total. The Bertz CT molecular complexity index is 203. The summed E-state index contributed by atoms with van der Waals surface area (Å²) < 4.78 is 0. The van der Waals surface area contributed by atoms with Crippen molar-refractivity contribution < 1.29 is 10.1 Å². The number of nitrogens with zero attached hydrogens (tertiary/aromatic N) is 2. The van der Waals surface area contributed by atoms with E-state index in [1.807, 2.05) is 20.8 Å². The summed E-state index contributed by atoms with van der Waals surface area (Å²) in [4.78, 5) is 4.51. The van der Waals surface area contributed by atoms with Crippen LogP contribution in [0.1, 0.15) is 52.9 Å². The molecule has 0 amide bonds. The molecular weight excluding hydrogens is 180 g/mol. The smallest absolute Gasteiger partial charge is 0.212 e. The van der Waals surface area contributed by atoms with Gasteiger partial charge in [0.05, 0.1) is 5.54 Å². The first-order chi connectivity index (χ1) is 6.47. The Labute approximate surface area is 85.3 Å². The molecule has 0 atom stereocenters. The first-order valence-electron chi connectivity index (χ1n) is 5.24. The van der Waals surface area contributed by atoms with Crippen LogP contribution in [0.4, 0.5) is 0 Å². The molecule has 1 aliphatic carbocycles. The molecule has 1 aliphatic rings. The summed E-state index contributed by atoms with van der Waals surface area (Å²) in [7, 11) is 0. The molecule has 14 heavy (non-hydrogen) atoms. The first kappa shape index (κ1) is 11.6. The van der Waals surface area contributed by atoms with Gasteiger partial charge in [0.1, 0.15) is 0 Å². The van der Waals surface area contributed by atoms with E-state index < -0.39 is 5.72 Å². The maximum atomic E-state index is 8.88. The van der Waals surface area contributed by atoms with Gasteiger partial charge in [-0.15, -0.1) is 0 Å². The molecule has 82 valence electrons. The first-order valence-corrected chi connectivity index (χ1v) is 5.24. The van der Waals surface area contributed by atoms with Crippen LogP contribution in [0.2, 0.25) is 0 Å². The van der Waals surface area contributed by atoms with Crippen molar-refractivity contribution >= 4 is 0 Å². The van der Waals surface area contributed by atoms with Crippen molar-refractivity contribution in [2.75, 3.05) is 0 Å². The zero-order valence-electron chi connectivity index (χ0n) is 9.29. The normalized spacial score (nSPS) is 22.9. The maximum absolute atomic E-state index is 8.88. The number of rotatable bonds is 2. The zero-order valence-corrected chi connectivity index (χ0v) is 9.29. The van der Waals surface area contributed by atoms with Crippen molar-refractivity contribution in [2.45, 2.75) is 64.1 Å². The summed E-state index contributed by atoms with van der Waals surface area (Å²) in [6.07, 6.45) is 4.82. The minimum absolute atomic E-state index is 0.205. The molecule has 0 aliphatic heterocycles. The van der Waals surface area contributed by atoms with E-state index in [2.05, 4.69) is 15.1 Å². The third-order valence-corrected chi connectivity index (χ3v) is 2.34. The van der Waals surface area contributed by atoms with E-state index in [4.69, 9.17) is 5.26 Å². The van der Waals surface area contributed by atoms with Crippen LogP contribution in [0.3, 0.4) is 0 Å². The van der Waals surface area contributed by atoms with Crippen molar-refractivity contribution in [1.82, 2.24) is 0 Å². The van der Waals surface area contributed by atoms with E-state index in [0.29, 0.717) is 0 Å². The average molecular weight is 200 g/mol. The molecule has 0 bridgehead atoms. The lowest BCUT2D eigenvalue weighted by atomic mass is 9.92. The van der Waals surface area contributed by atoms with Crippen molar-refractivity contribution in [3.05, 3.63) is 0 Å². The third kappa shape index (κ3) is 3.35. The number of azo groups is 1. The molecule has 0 aromatic carbocycles. The zero-order chi connectivity index (χ0) is 10.7. The van der Waals surface area contributed by atoms with Gasteiger partial charge in [0, 0.05) is 12.8 Å². The van der Waals surface area contributed by atoms with Crippen LogP contribution < -0.4 is 0 Å². The van der Waals surface area contributed by atoms with Crippen LogP contribution in [0.25, 0.3) is 0 Å². The highest BCUT2D eigenvalue weighted by Gasteiger charge is 2.34. The summed E-state index contributed by atoms with van der Waals surface area (Å²) in [5.41, 5.74) is -0.964. The van der Waals surface area contributed by atoms with Crippen molar-refractivity contribution in [2.24, 2.45) is 10.2 Å². The number of hydrogen-bond donors (Lipinski definition) is 1. The van der Waals surface area contributed by atoms with Crippen LogP contribution in [0, 0.1) is 0 Å². The molecule has 0 spiro atoms. The molecule has 0 heterocycles. The van der Waals surface area contributed by atoms with Gasteiger partial charge in [-0.2, -0.15) is 10.2 Å². The molecule has 0 unspecified atom stereocenters. The predicted octanol–water partition coefficient (Wildman–Crippen LogP) is 3.39. The lowest BCUT2D eigenvalue weighted by Gasteiger charge is -2.29. The van der Waals surface area contributed by atoms with Crippen LogP contribution in [0.15, 0.2) is 10.2 Å². The van der Waals surface area contributed by atoms with Crippen LogP contribution in [-0.2, 0) is 4.89 Å².